The van der Waals surface area contributed by atoms with Crippen LogP contribution in [0.5, 0.6) is 0 Å². The first-order valence-electron chi connectivity index (χ1n) is 5.69. The lowest BCUT2D eigenvalue weighted by molar-refractivity contribution is 0.307. The van der Waals surface area contributed by atoms with Gasteiger partial charge in [-0.05, 0) is 23.3 Å². The van der Waals surface area contributed by atoms with E-state index in [1.165, 1.54) is 32.1 Å². The van der Waals surface area contributed by atoms with Crippen molar-refractivity contribution in [1.82, 2.24) is 20.2 Å². The van der Waals surface area contributed by atoms with Gasteiger partial charge in [-0.3, -0.25) is 0 Å². The largest absolute Gasteiger partial charge is 0.217 e. The lowest BCUT2D eigenvalue weighted by Gasteiger charge is -2.21. The molecular formula is C10H15N5S. The summed E-state index contributed by atoms with van der Waals surface area (Å²) in [4.78, 5) is 0. The van der Waals surface area contributed by atoms with E-state index in [9.17, 15) is 0 Å². The molecule has 1 heterocycles. The molecule has 5 nitrogen and oxygen atoms in total. The van der Waals surface area contributed by atoms with Crippen molar-refractivity contribution in [1.29, 1.82) is 5.26 Å². The van der Waals surface area contributed by atoms with Crippen molar-refractivity contribution >= 4 is 11.8 Å². The summed E-state index contributed by atoms with van der Waals surface area (Å²) in [5.74, 6) is 0.767. The van der Waals surface area contributed by atoms with E-state index < -0.39 is 0 Å². The van der Waals surface area contributed by atoms with Gasteiger partial charge in [-0.2, -0.15) is 5.26 Å². The fraction of sp³-hybridized carbons (Fsp3) is 0.800. The summed E-state index contributed by atoms with van der Waals surface area (Å²) in [6, 6.07) is 2.60. The minimum absolute atomic E-state index is 0.466. The third kappa shape index (κ3) is 2.73. The van der Waals surface area contributed by atoms with Crippen LogP contribution in [0, 0.1) is 11.3 Å². The molecule has 86 valence electrons. The minimum atomic E-state index is 0.466. The van der Waals surface area contributed by atoms with Gasteiger partial charge in [0.2, 0.25) is 5.16 Å². The molecule has 0 spiro atoms. The van der Waals surface area contributed by atoms with Crippen LogP contribution in [0.15, 0.2) is 5.16 Å². The van der Waals surface area contributed by atoms with E-state index in [2.05, 4.69) is 21.6 Å². The van der Waals surface area contributed by atoms with Gasteiger partial charge in [-0.25, -0.2) is 4.68 Å². The quantitative estimate of drug-likeness (QED) is 0.593. The van der Waals surface area contributed by atoms with Crippen LogP contribution in [0.3, 0.4) is 0 Å². The molecule has 1 aliphatic rings. The molecule has 2 rings (SSSR count). The van der Waals surface area contributed by atoms with Crippen molar-refractivity contribution in [3.8, 4) is 6.07 Å². The first kappa shape index (κ1) is 11.4. The Morgan fingerprint density at radius 2 is 2.19 bits per heavy atom. The fourth-order valence-corrected chi connectivity index (χ4v) is 2.81. The summed E-state index contributed by atoms with van der Waals surface area (Å²) in [7, 11) is 0. The molecule has 0 unspecified atom stereocenters. The second-order valence-electron chi connectivity index (χ2n) is 3.95. The Bertz CT molecular complexity index is 364. The topological polar surface area (TPSA) is 67.4 Å². The maximum Gasteiger partial charge on any atom is 0.209 e. The van der Waals surface area contributed by atoms with E-state index in [1.54, 1.807) is 11.8 Å². The molecule has 1 aliphatic carbocycles. The van der Waals surface area contributed by atoms with Crippen molar-refractivity contribution in [3.05, 3.63) is 0 Å². The molecule has 0 atom stereocenters. The summed E-state index contributed by atoms with van der Waals surface area (Å²) >= 11 is 1.58. The van der Waals surface area contributed by atoms with Gasteiger partial charge >= 0.3 is 0 Å². The lowest BCUT2D eigenvalue weighted by Crippen LogP contribution is -2.15. The number of thioether (sulfide) groups is 1. The fourth-order valence-electron chi connectivity index (χ4n) is 2.02. The van der Waals surface area contributed by atoms with Crippen LogP contribution in [0.2, 0.25) is 0 Å². The molecule has 16 heavy (non-hydrogen) atoms. The zero-order valence-corrected chi connectivity index (χ0v) is 9.99. The first-order valence-corrected chi connectivity index (χ1v) is 6.68. The zero-order valence-electron chi connectivity index (χ0n) is 9.17. The Morgan fingerprint density at radius 1 is 1.38 bits per heavy atom. The molecule has 0 aliphatic heterocycles. The molecule has 0 amide bonds. The Kier molecular flexibility index (Phi) is 4.17. The molecule has 1 saturated carbocycles. The summed E-state index contributed by atoms with van der Waals surface area (Å²) in [6.45, 7) is 0. The number of tetrazole rings is 1. The maximum atomic E-state index is 8.49. The SMILES string of the molecule is N#CCCSc1nnnn1C1CCCCC1. The van der Waals surface area contributed by atoms with E-state index in [1.807, 2.05) is 4.68 Å². The average molecular weight is 237 g/mol. The molecule has 1 aromatic rings. The molecule has 0 aromatic carbocycles. The van der Waals surface area contributed by atoms with Crippen molar-refractivity contribution in [2.75, 3.05) is 5.75 Å². The smallest absolute Gasteiger partial charge is 0.209 e. The Hall–Kier alpha value is -1.09. The monoisotopic (exact) mass is 237 g/mol. The van der Waals surface area contributed by atoms with E-state index in [0.29, 0.717) is 12.5 Å². The lowest BCUT2D eigenvalue weighted by atomic mass is 9.96. The van der Waals surface area contributed by atoms with Crippen LogP contribution in [-0.2, 0) is 0 Å². The van der Waals surface area contributed by atoms with Crippen LogP contribution in [0.4, 0.5) is 0 Å². The highest BCUT2D eigenvalue weighted by Gasteiger charge is 2.19. The standard InChI is InChI=1S/C10H15N5S/c11-7-4-8-16-10-12-13-14-15(10)9-5-2-1-3-6-9/h9H,1-6,8H2. The zero-order chi connectivity index (χ0) is 11.2. The Balaban J connectivity index is 1.97. The van der Waals surface area contributed by atoms with Crippen LogP contribution < -0.4 is 0 Å². The van der Waals surface area contributed by atoms with E-state index in [-0.39, 0.29) is 0 Å². The van der Waals surface area contributed by atoms with Crippen LogP contribution in [0.1, 0.15) is 44.6 Å². The molecule has 6 heteroatoms. The Morgan fingerprint density at radius 3 is 2.94 bits per heavy atom. The van der Waals surface area contributed by atoms with E-state index >= 15 is 0 Å². The van der Waals surface area contributed by atoms with Gasteiger partial charge in [-0.1, -0.05) is 31.0 Å². The predicted octanol–water partition coefficient (Wildman–Crippen LogP) is 2.18. The van der Waals surface area contributed by atoms with Gasteiger partial charge in [0, 0.05) is 12.2 Å². The highest BCUT2D eigenvalue weighted by Crippen LogP contribution is 2.30. The van der Waals surface area contributed by atoms with Gasteiger partial charge in [0.05, 0.1) is 12.1 Å². The highest BCUT2D eigenvalue weighted by atomic mass is 32.2. The number of aromatic nitrogens is 4. The molecule has 0 saturated heterocycles. The van der Waals surface area contributed by atoms with E-state index in [4.69, 9.17) is 5.26 Å². The third-order valence-electron chi connectivity index (χ3n) is 2.83. The third-order valence-corrected chi connectivity index (χ3v) is 3.76. The number of rotatable bonds is 4. The molecule has 1 fully saturated rings. The van der Waals surface area contributed by atoms with Crippen LogP contribution >= 0.6 is 11.8 Å². The van der Waals surface area contributed by atoms with Gasteiger partial charge < -0.3 is 0 Å². The van der Waals surface area contributed by atoms with Crippen molar-refractivity contribution in [3.63, 3.8) is 0 Å². The van der Waals surface area contributed by atoms with Gasteiger partial charge in [0.15, 0.2) is 0 Å². The molecular weight excluding hydrogens is 222 g/mol. The minimum Gasteiger partial charge on any atom is -0.217 e. The van der Waals surface area contributed by atoms with Gasteiger partial charge in [-0.15, -0.1) is 5.10 Å². The predicted molar refractivity (Wildman–Crippen MR) is 60.9 cm³/mol. The number of hydrogen-bond donors (Lipinski definition) is 0. The normalized spacial score (nSPS) is 17.2. The maximum absolute atomic E-state index is 8.49. The summed E-state index contributed by atoms with van der Waals surface area (Å²) < 4.78 is 1.95. The molecule has 1 aromatic heterocycles. The molecule has 0 bridgehead atoms. The van der Waals surface area contributed by atoms with Gasteiger partial charge in [0.25, 0.3) is 0 Å². The average Bonchev–Trinajstić information content (AvgIpc) is 2.79. The first-order chi connectivity index (χ1) is 7.92. The van der Waals surface area contributed by atoms with Crippen molar-refractivity contribution in [2.45, 2.75) is 49.7 Å². The van der Waals surface area contributed by atoms with E-state index in [0.717, 1.165) is 10.9 Å². The van der Waals surface area contributed by atoms with Crippen molar-refractivity contribution in [2.24, 2.45) is 0 Å². The molecule has 0 N–H and O–H groups in total. The molecule has 0 radical (unpaired) electrons. The number of nitrogens with zero attached hydrogens (tertiary/aromatic N) is 5. The summed E-state index contributed by atoms with van der Waals surface area (Å²) in [5, 5.41) is 21.2. The van der Waals surface area contributed by atoms with Crippen molar-refractivity contribution < 1.29 is 0 Å². The summed E-state index contributed by atoms with van der Waals surface area (Å²) in [5.41, 5.74) is 0. The van der Waals surface area contributed by atoms with Crippen LogP contribution in [-0.4, -0.2) is 26.0 Å². The second kappa shape index (κ2) is 5.85. The highest BCUT2D eigenvalue weighted by molar-refractivity contribution is 7.99. The summed E-state index contributed by atoms with van der Waals surface area (Å²) in [6.07, 6.45) is 6.77. The van der Waals surface area contributed by atoms with Crippen LogP contribution in [0.25, 0.3) is 0 Å². The second-order valence-corrected chi connectivity index (χ2v) is 5.02. The Labute approximate surface area is 99.2 Å². The van der Waals surface area contributed by atoms with Gasteiger partial charge in [0.1, 0.15) is 0 Å². The number of hydrogen-bond acceptors (Lipinski definition) is 5. The number of nitriles is 1.